The number of rotatable bonds is 15. The van der Waals surface area contributed by atoms with Gasteiger partial charge < -0.3 is 24.8 Å². The Hall–Kier alpha value is -5.56. The van der Waals surface area contributed by atoms with Crippen molar-refractivity contribution < 1.29 is 19.1 Å². The van der Waals surface area contributed by atoms with Gasteiger partial charge in [-0.2, -0.15) is 0 Å². The second-order valence-electron chi connectivity index (χ2n) is 21.4. The summed E-state index contributed by atoms with van der Waals surface area (Å²) in [6.07, 6.45) is 12.8. The number of anilines is 5. The van der Waals surface area contributed by atoms with Crippen LogP contribution < -0.4 is 25.3 Å². The zero-order valence-electron chi connectivity index (χ0n) is 42.7. The molecule has 0 radical (unpaired) electrons. The zero-order chi connectivity index (χ0) is 48.8. The van der Waals surface area contributed by atoms with Gasteiger partial charge in [-0.1, -0.05) is 52.0 Å². The van der Waals surface area contributed by atoms with Crippen molar-refractivity contribution in [2.24, 2.45) is 11.8 Å². The monoisotopic (exact) mass is 940 g/mol. The van der Waals surface area contributed by atoms with Crippen LogP contribution in [0.3, 0.4) is 0 Å². The molecular formula is C56H77N9O4. The van der Waals surface area contributed by atoms with Crippen molar-refractivity contribution in [2.45, 2.75) is 149 Å². The summed E-state index contributed by atoms with van der Waals surface area (Å²) in [7, 11) is 0. The van der Waals surface area contributed by atoms with Crippen LogP contribution in [-0.2, 0) is 27.3 Å². The maximum absolute atomic E-state index is 13.7. The van der Waals surface area contributed by atoms with Crippen molar-refractivity contribution in [1.82, 2.24) is 25.2 Å². The third-order valence-corrected chi connectivity index (χ3v) is 15.2. The Bertz CT molecular complexity index is 2400. The molecule has 3 atom stereocenters. The number of imide groups is 1. The lowest BCUT2D eigenvalue weighted by atomic mass is 9.84. The van der Waals surface area contributed by atoms with Crippen LogP contribution in [0.1, 0.15) is 158 Å². The molecule has 4 aliphatic rings. The first-order valence-corrected chi connectivity index (χ1v) is 26.0. The van der Waals surface area contributed by atoms with Crippen molar-refractivity contribution in [2.75, 3.05) is 65.8 Å². The van der Waals surface area contributed by atoms with Gasteiger partial charge >= 0.3 is 6.09 Å². The standard InChI is InChI=1S/C56H77N9O4/c1-9-26-65(55(68)69-56(6,7)8)52-39(5)49(34-57-51(52)37(3)10-2)64-31-25-45-33-58-54(60-48(45)36-64)59-46-16-18-47(19-17-46)63-29-21-40(22-30-63)35-62-27-23-43(24-28-62)42-13-11-41(12-14-42)38(4)32-44-15-20-50(66)61-53(44)67/h11-14,16-19,33-34,37-38,40,43-44H,9-10,15,20-32,35-36H2,1-8H3,(H,58,59,60)(H,61,66,67). The van der Waals surface area contributed by atoms with Crippen molar-refractivity contribution in [3.8, 4) is 0 Å². The van der Waals surface area contributed by atoms with Gasteiger partial charge in [0, 0.05) is 68.6 Å². The van der Waals surface area contributed by atoms with Crippen LogP contribution in [0.5, 0.6) is 0 Å². The van der Waals surface area contributed by atoms with Crippen LogP contribution in [0, 0.1) is 18.8 Å². The summed E-state index contributed by atoms with van der Waals surface area (Å²) < 4.78 is 5.93. The van der Waals surface area contributed by atoms with Crippen LogP contribution in [-0.4, -0.2) is 89.2 Å². The molecule has 8 rings (SSSR count). The van der Waals surface area contributed by atoms with E-state index in [-0.39, 0.29) is 35.7 Å². The molecule has 2 aromatic heterocycles. The predicted octanol–water partition coefficient (Wildman–Crippen LogP) is 10.8. The van der Waals surface area contributed by atoms with Gasteiger partial charge in [0.05, 0.1) is 35.5 Å². The van der Waals surface area contributed by atoms with Crippen LogP contribution in [0.4, 0.5) is 33.5 Å². The lowest BCUT2D eigenvalue weighted by Crippen LogP contribution is -2.41. The van der Waals surface area contributed by atoms with E-state index in [2.05, 4.69) is 108 Å². The number of nitrogens with one attached hydrogen (secondary N) is 2. The van der Waals surface area contributed by atoms with E-state index in [1.807, 2.05) is 33.2 Å². The number of benzene rings is 2. The van der Waals surface area contributed by atoms with Crippen LogP contribution >= 0.6 is 0 Å². The largest absolute Gasteiger partial charge is 0.443 e. The number of piperidine rings is 3. The molecular weight excluding hydrogens is 863 g/mol. The highest BCUT2D eigenvalue weighted by atomic mass is 16.6. The number of hydrogen-bond donors (Lipinski definition) is 2. The highest BCUT2D eigenvalue weighted by Gasteiger charge is 2.32. The summed E-state index contributed by atoms with van der Waals surface area (Å²) >= 11 is 0. The first-order chi connectivity index (χ1) is 33.2. The second-order valence-corrected chi connectivity index (χ2v) is 21.4. The number of fused-ring (bicyclic) bond motifs is 1. The van der Waals surface area contributed by atoms with Gasteiger partial charge in [-0.3, -0.25) is 24.8 Å². The number of hydrogen-bond acceptors (Lipinski definition) is 11. The van der Waals surface area contributed by atoms with E-state index in [1.54, 1.807) is 4.90 Å². The maximum Gasteiger partial charge on any atom is 0.414 e. The van der Waals surface area contributed by atoms with Gasteiger partial charge in [-0.25, -0.2) is 14.8 Å². The molecule has 3 unspecified atom stereocenters. The minimum absolute atomic E-state index is 0.0797. The molecule has 3 saturated heterocycles. The fourth-order valence-electron chi connectivity index (χ4n) is 10.9. The van der Waals surface area contributed by atoms with E-state index in [9.17, 15) is 14.4 Å². The number of likely N-dealkylation sites (tertiary alicyclic amines) is 1. The minimum atomic E-state index is -0.608. The average Bonchev–Trinajstić information content (AvgIpc) is 3.34. The van der Waals surface area contributed by atoms with Gasteiger partial charge in [-0.05, 0) is 163 Å². The Kier molecular flexibility index (Phi) is 15.9. The highest BCUT2D eigenvalue weighted by molar-refractivity contribution is 5.98. The van der Waals surface area contributed by atoms with Crippen molar-refractivity contribution in [3.05, 3.63) is 94.6 Å². The molecule has 13 heteroatoms. The molecule has 0 aliphatic carbocycles. The molecule has 3 amide bonds. The number of nitrogens with zero attached hydrogens (tertiary/aromatic N) is 7. The Morgan fingerprint density at radius 1 is 0.870 bits per heavy atom. The first kappa shape index (κ1) is 49.8. The van der Waals surface area contributed by atoms with E-state index in [0.29, 0.717) is 37.8 Å². The fraction of sp³-hybridized carbons (Fsp3) is 0.571. The SMILES string of the molecule is CCCN(C(=O)OC(C)(C)C)c1c(C(C)CC)ncc(N2CCc3cnc(Nc4ccc(N5CCC(CN6CCC(c7ccc(C(C)CC8CCC(=O)NC8=O)cc7)CC6)CC5)cc4)nc3C2)c1C. The van der Waals surface area contributed by atoms with E-state index in [4.69, 9.17) is 19.7 Å². The van der Waals surface area contributed by atoms with Crippen LogP contribution in [0.25, 0.3) is 0 Å². The maximum atomic E-state index is 13.7. The Balaban J connectivity index is 0.813. The summed E-state index contributed by atoms with van der Waals surface area (Å²) in [4.78, 5) is 61.7. The van der Waals surface area contributed by atoms with Crippen molar-refractivity contribution in [3.63, 3.8) is 0 Å². The topological polar surface area (TPSA) is 136 Å². The molecule has 69 heavy (non-hydrogen) atoms. The van der Waals surface area contributed by atoms with Crippen molar-refractivity contribution in [1.29, 1.82) is 0 Å². The summed E-state index contributed by atoms with van der Waals surface area (Å²) in [5, 5.41) is 5.99. The summed E-state index contributed by atoms with van der Waals surface area (Å²) in [6, 6.07) is 17.8. The molecule has 13 nitrogen and oxygen atoms in total. The second kappa shape index (κ2) is 22.0. The molecule has 4 aromatic rings. The Morgan fingerprint density at radius 3 is 2.26 bits per heavy atom. The summed E-state index contributed by atoms with van der Waals surface area (Å²) in [5.41, 5.74) is 10.3. The molecule has 4 aliphatic heterocycles. The van der Waals surface area contributed by atoms with E-state index in [0.717, 1.165) is 104 Å². The lowest BCUT2D eigenvalue weighted by molar-refractivity contribution is -0.136. The van der Waals surface area contributed by atoms with Gasteiger partial charge in [0.15, 0.2) is 0 Å². The quantitative estimate of drug-likeness (QED) is 0.110. The van der Waals surface area contributed by atoms with Crippen molar-refractivity contribution >= 4 is 46.6 Å². The van der Waals surface area contributed by atoms with Crippen LogP contribution in [0.2, 0.25) is 0 Å². The molecule has 3 fully saturated rings. The number of carbonyl (C=O) groups is 3. The normalized spacial score (nSPS) is 19.4. The zero-order valence-corrected chi connectivity index (χ0v) is 42.7. The Labute approximate surface area is 411 Å². The average molecular weight is 940 g/mol. The molecule has 0 spiro atoms. The highest BCUT2D eigenvalue weighted by Crippen LogP contribution is 2.39. The van der Waals surface area contributed by atoms with E-state index in [1.165, 1.54) is 49.0 Å². The third-order valence-electron chi connectivity index (χ3n) is 15.2. The lowest BCUT2D eigenvalue weighted by Gasteiger charge is -2.38. The van der Waals surface area contributed by atoms with Gasteiger partial charge in [0.1, 0.15) is 5.60 Å². The van der Waals surface area contributed by atoms with E-state index >= 15 is 0 Å². The Morgan fingerprint density at radius 2 is 1.59 bits per heavy atom. The predicted molar refractivity (Wildman–Crippen MR) is 277 cm³/mol. The number of amides is 3. The minimum Gasteiger partial charge on any atom is -0.443 e. The third kappa shape index (κ3) is 12.3. The van der Waals surface area contributed by atoms with Gasteiger partial charge in [0.25, 0.3) is 0 Å². The van der Waals surface area contributed by atoms with Crippen LogP contribution in [0.15, 0.2) is 60.9 Å². The summed E-state index contributed by atoms with van der Waals surface area (Å²) in [6.45, 7) is 24.1. The van der Waals surface area contributed by atoms with Gasteiger partial charge in [-0.15, -0.1) is 0 Å². The number of pyridine rings is 1. The fourth-order valence-corrected chi connectivity index (χ4v) is 10.9. The number of carbonyl (C=O) groups excluding carboxylic acids is 3. The smallest absolute Gasteiger partial charge is 0.414 e. The molecule has 0 bridgehead atoms. The number of ether oxygens (including phenoxy) is 1. The molecule has 0 saturated carbocycles. The van der Waals surface area contributed by atoms with Gasteiger partial charge in [0.2, 0.25) is 17.8 Å². The molecule has 6 heterocycles. The molecule has 2 N–H and O–H groups in total. The first-order valence-electron chi connectivity index (χ1n) is 26.0. The summed E-state index contributed by atoms with van der Waals surface area (Å²) in [5.74, 6) is 2.03. The van der Waals surface area contributed by atoms with E-state index < -0.39 is 5.60 Å². The number of aromatic nitrogens is 3. The molecule has 2 aromatic carbocycles. The molecule has 370 valence electrons.